The third kappa shape index (κ3) is 4.34. The number of aryl methyl sites for hydroxylation is 1. The number of hydrogen-bond acceptors (Lipinski definition) is 3. The Morgan fingerprint density at radius 1 is 1.52 bits per heavy atom. The first-order chi connectivity index (χ1) is 9.95. The highest BCUT2D eigenvalue weighted by molar-refractivity contribution is 6.31. The second-order valence-corrected chi connectivity index (χ2v) is 5.36. The molecule has 1 heterocycles. The van der Waals surface area contributed by atoms with E-state index in [-0.39, 0.29) is 19.0 Å². The molecule has 1 aromatic carbocycles. The predicted octanol–water partition coefficient (Wildman–Crippen LogP) is 2.36. The lowest BCUT2D eigenvalue weighted by Gasteiger charge is -2.32. The number of rotatable bonds is 3. The molecular weight excluding hydrogens is 296 g/mol. The van der Waals surface area contributed by atoms with Crippen LogP contribution in [0.5, 0.6) is 0 Å². The molecule has 0 aliphatic carbocycles. The van der Waals surface area contributed by atoms with Gasteiger partial charge in [-0.25, -0.2) is 4.79 Å². The monoisotopic (exact) mass is 312 g/mol. The number of nitrogens with zero attached hydrogens (tertiary/aromatic N) is 1. The number of hydrogen-bond donors (Lipinski definition) is 2. The van der Waals surface area contributed by atoms with E-state index in [1.165, 1.54) is 0 Å². The topological polar surface area (TPSA) is 78.9 Å². The molecule has 1 atom stereocenters. The number of anilines is 1. The fourth-order valence-electron chi connectivity index (χ4n) is 2.15. The molecule has 1 aliphatic heterocycles. The quantitative estimate of drug-likeness (QED) is 0.898. The zero-order valence-corrected chi connectivity index (χ0v) is 12.4. The predicted molar refractivity (Wildman–Crippen MR) is 78.8 cm³/mol. The summed E-state index contributed by atoms with van der Waals surface area (Å²) >= 11 is 5.92. The number of morpholine rings is 1. The second-order valence-electron chi connectivity index (χ2n) is 4.93. The lowest BCUT2D eigenvalue weighted by Crippen LogP contribution is -2.47. The summed E-state index contributed by atoms with van der Waals surface area (Å²) in [6, 6.07) is 4.98. The van der Waals surface area contributed by atoms with Crippen LogP contribution < -0.4 is 5.32 Å². The van der Waals surface area contributed by atoms with Crippen LogP contribution in [0.4, 0.5) is 10.5 Å². The molecule has 21 heavy (non-hydrogen) atoms. The minimum atomic E-state index is -0.937. The van der Waals surface area contributed by atoms with Crippen molar-refractivity contribution in [2.45, 2.75) is 19.4 Å². The molecule has 1 aromatic rings. The first-order valence-corrected chi connectivity index (χ1v) is 6.99. The molecule has 1 unspecified atom stereocenters. The molecule has 7 heteroatoms. The van der Waals surface area contributed by atoms with Crippen LogP contribution in [0.1, 0.15) is 12.0 Å². The van der Waals surface area contributed by atoms with E-state index in [9.17, 15) is 9.59 Å². The maximum atomic E-state index is 12.2. The molecule has 6 nitrogen and oxygen atoms in total. The van der Waals surface area contributed by atoms with E-state index in [2.05, 4.69) is 5.32 Å². The molecule has 1 aliphatic rings. The molecule has 2 amide bonds. The summed E-state index contributed by atoms with van der Waals surface area (Å²) in [5.74, 6) is -0.937. The highest BCUT2D eigenvalue weighted by Gasteiger charge is 2.26. The Hall–Kier alpha value is -1.79. The summed E-state index contributed by atoms with van der Waals surface area (Å²) in [5.41, 5.74) is 1.55. The minimum absolute atomic E-state index is 0.111. The fraction of sp³-hybridized carbons (Fsp3) is 0.429. The van der Waals surface area contributed by atoms with Gasteiger partial charge < -0.3 is 20.1 Å². The molecule has 0 aromatic heterocycles. The van der Waals surface area contributed by atoms with Crippen LogP contribution in [0.25, 0.3) is 0 Å². The largest absolute Gasteiger partial charge is 0.481 e. The molecule has 0 radical (unpaired) electrons. The highest BCUT2D eigenvalue weighted by atomic mass is 35.5. The summed E-state index contributed by atoms with van der Waals surface area (Å²) in [7, 11) is 0. The number of aliphatic carboxylic acids is 1. The standard InChI is InChI=1S/C14H17ClN2O4/c1-9-2-3-10(15)6-12(9)16-14(20)17-4-5-21-11(8-17)7-13(18)19/h2-3,6,11H,4-5,7-8H2,1H3,(H,16,20)(H,18,19). The Balaban J connectivity index is 1.99. The van der Waals surface area contributed by atoms with Crippen LogP contribution in [0.3, 0.4) is 0 Å². The van der Waals surface area contributed by atoms with Gasteiger partial charge in [0.2, 0.25) is 0 Å². The number of carbonyl (C=O) groups is 2. The third-order valence-electron chi connectivity index (χ3n) is 3.27. The lowest BCUT2D eigenvalue weighted by molar-refractivity contribution is -0.141. The van der Waals surface area contributed by atoms with Crippen molar-refractivity contribution in [2.75, 3.05) is 25.0 Å². The van der Waals surface area contributed by atoms with E-state index in [1.807, 2.05) is 13.0 Å². The molecule has 0 saturated carbocycles. The van der Waals surface area contributed by atoms with Gasteiger partial charge in [0.25, 0.3) is 0 Å². The minimum Gasteiger partial charge on any atom is -0.481 e. The summed E-state index contributed by atoms with van der Waals surface area (Å²) in [4.78, 5) is 24.5. The average Bonchev–Trinajstić information content (AvgIpc) is 2.42. The number of carboxylic acid groups (broad SMARTS) is 1. The number of ether oxygens (including phenoxy) is 1. The van der Waals surface area contributed by atoms with E-state index in [0.717, 1.165) is 5.56 Å². The number of carbonyl (C=O) groups excluding carboxylic acids is 1. The summed E-state index contributed by atoms with van der Waals surface area (Å²) in [6.45, 7) is 2.90. The van der Waals surface area contributed by atoms with Gasteiger partial charge in [-0.1, -0.05) is 17.7 Å². The van der Waals surface area contributed by atoms with Gasteiger partial charge in [0.1, 0.15) is 0 Å². The second kappa shape index (κ2) is 6.78. The first-order valence-electron chi connectivity index (χ1n) is 6.61. The number of halogens is 1. The molecule has 2 N–H and O–H groups in total. The van der Waals surface area contributed by atoms with E-state index < -0.39 is 12.1 Å². The normalized spacial score (nSPS) is 18.4. The van der Waals surface area contributed by atoms with Crippen molar-refractivity contribution < 1.29 is 19.4 Å². The van der Waals surface area contributed by atoms with Gasteiger partial charge in [0, 0.05) is 23.8 Å². The molecule has 0 bridgehead atoms. The van der Waals surface area contributed by atoms with E-state index >= 15 is 0 Å². The van der Waals surface area contributed by atoms with Crippen LogP contribution >= 0.6 is 11.6 Å². The summed E-state index contributed by atoms with van der Waals surface area (Å²) in [6.07, 6.45) is -0.581. The van der Waals surface area contributed by atoms with Gasteiger partial charge in [-0.05, 0) is 24.6 Å². The molecule has 1 saturated heterocycles. The molecule has 1 fully saturated rings. The maximum absolute atomic E-state index is 12.2. The zero-order chi connectivity index (χ0) is 15.4. The van der Waals surface area contributed by atoms with E-state index in [1.54, 1.807) is 17.0 Å². The van der Waals surface area contributed by atoms with Crippen molar-refractivity contribution in [3.63, 3.8) is 0 Å². The Labute approximate surface area is 127 Å². The van der Waals surface area contributed by atoms with Crippen molar-refractivity contribution in [1.82, 2.24) is 4.90 Å². The van der Waals surface area contributed by atoms with Crippen molar-refractivity contribution in [1.29, 1.82) is 0 Å². The van der Waals surface area contributed by atoms with Crippen molar-refractivity contribution in [3.8, 4) is 0 Å². The van der Waals surface area contributed by atoms with Crippen LogP contribution in [0, 0.1) is 6.92 Å². The Morgan fingerprint density at radius 2 is 2.29 bits per heavy atom. The molecule has 0 spiro atoms. The number of carboxylic acids is 1. The first kappa shape index (κ1) is 15.6. The van der Waals surface area contributed by atoms with Crippen LogP contribution in [0.15, 0.2) is 18.2 Å². The Kier molecular flexibility index (Phi) is 5.03. The van der Waals surface area contributed by atoms with Crippen LogP contribution in [0.2, 0.25) is 5.02 Å². The summed E-state index contributed by atoms with van der Waals surface area (Å²) in [5, 5.41) is 12.1. The zero-order valence-electron chi connectivity index (χ0n) is 11.6. The number of amides is 2. The number of benzene rings is 1. The SMILES string of the molecule is Cc1ccc(Cl)cc1NC(=O)N1CCOC(CC(=O)O)C1. The van der Waals surface area contributed by atoms with Crippen LogP contribution in [-0.2, 0) is 9.53 Å². The van der Waals surface area contributed by atoms with Gasteiger partial charge in [0.15, 0.2) is 0 Å². The summed E-state index contributed by atoms with van der Waals surface area (Å²) < 4.78 is 5.34. The molecular formula is C14H17ClN2O4. The van der Waals surface area contributed by atoms with E-state index in [0.29, 0.717) is 23.9 Å². The molecule has 114 valence electrons. The Morgan fingerprint density at radius 3 is 3.00 bits per heavy atom. The Bertz CT molecular complexity index is 550. The lowest BCUT2D eigenvalue weighted by atomic mass is 10.2. The van der Waals surface area contributed by atoms with Crippen molar-refractivity contribution >= 4 is 29.3 Å². The van der Waals surface area contributed by atoms with Gasteiger partial charge in [-0.2, -0.15) is 0 Å². The van der Waals surface area contributed by atoms with Gasteiger partial charge in [-0.15, -0.1) is 0 Å². The van der Waals surface area contributed by atoms with Gasteiger partial charge >= 0.3 is 12.0 Å². The maximum Gasteiger partial charge on any atom is 0.322 e. The van der Waals surface area contributed by atoms with Gasteiger partial charge in [0.05, 0.1) is 19.1 Å². The van der Waals surface area contributed by atoms with Crippen molar-refractivity contribution in [3.05, 3.63) is 28.8 Å². The number of urea groups is 1. The fourth-order valence-corrected chi connectivity index (χ4v) is 2.32. The average molecular weight is 313 g/mol. The van der Waals surface area contributed by atoms with Gasteiger partial charge in [-0.3, -0.25) is 4.79 Å². The highest BCUT2D eigenvalue weighted by Crippen LogP contribution is 2.21. The number of nitrogens with one attached hydrogen (secondary N) is 1. The van der Waals surface area contributed by atoms with Crippen LogP contribution in [-0.4, -0.2) is 47.8 Å². The van der Waals surface area contributed by atoms with E-state index in [4.69, 9.17) is 21.4 Å². The third-order valence-corrected chi connectivity index (χ3v) is 3.50. The van der Waals surface area contributed by atoms with Crippen molar-refractivity contribution in [2.24, 2.45) is 0 Å². The molecule has 2 rings (SSSR count). The smallest absolute Gasteiger partial charge is 0.322 e.